The molecule has 5 heteroatoms. The summed E-state index contributed by atoms with van der Waals surface area (Å²) in [6.07, 6.45) is 4.22. The van der Waals surface area contributed by atoms with Crippen LogP contribution in [0.1, 0.15) is 44.9 Å². The number of anilines is 1. The fraction of sp³-hybridized carbons (Fsp3) is 0.692. The average molecular weight is 251 g/mol. The molecule has 0 saturated carbocycles. The first kappa shape index (κ1) is 12.9. The number of nitrogen functional groups attached to an aromatic ring is 1. The van der Waals surface area contributed by atoms with Crippen LogP contribution in [0.5, 0.6) is 0 Å². The van der Waals surface area contributed by atoms with E-state index in [4.69, 9.17) is 10.5 Å². The Labute approximate surface area is 107 Å². The van der Waals surface area contributed by atoms with Gasteiger partial charge in [-0.1, -0.05) is 0 Å². The second-order valence-corrected chi connectivity index (χ2v) is 5.76. The summed E-state index contributed by atoms with van der Waals surface area (Å²) in [4.78, 5) is 11.8. The summed E-state index contributed by atoms with van der Waals surface area (Å²) < 4.78 is 6.85. The van der Waals surface area contributed by atoms with Crippen LogP contribution in [0.2, 0.25) is 0 Å². The van der Waals surface area contributed by atoms with Gasteiger partial charge in [-0.3, -0.25) is 4.79 Å². The third-order valence-electron chi connectivity index (χ3n) is 2.97. The van der Waals surface area contributed by atoms with Crippen LogP contribution in [0.15, 0.2) is 0 Å². The normalized spacial score (nSPS) is 15.3. The molecule has 18 heavy (non-hydrogen) atoms. The summed E-state index contributed by atoms with van der Waals surface area (Å²) >= 11 is 0. The quantitative estimate of drug-likeness (QED) is 0.812. The number of hydrogen-bond donors (Lipinski definition) is 1. The Balaban J connectivity index is 2.10. The van der Waals surface area contributed by atoms with Crippen molar-refractivity contribution >= 4 is 11.8 Å². The number of nitrogens with two attached hydrogens (primary N) is 1. The Kier molecular flexibility index (Phi) is 3.32. The van der Waals surface area contributed by atoms with E-state index in [1.54, 1.807) is 4.68 Å². The first-order chi connectivity index (χ1) is 8.37. The largest absolute Gasteiger partial charge is 0.459 e. The molecule has 0 fully saturated rings. The summed E-state index contributed by atoms with van der Waals surface area (Å²) in [6.45, 7) is 5.64. The average Bonchev–Trinajstić information content (AvgIpc) is 2.54. The van der Waals surface area contributed by atoms with Gasteiger partial charge in [-0.2, -0.15) is 5.10 Å². The zero-order valence-corrected chi connectivity index (χ0v) is 11.3. The number of rotatable bonds is 2. The second-order valence-electron chi connectivity index (χ2n) is 5.76. The molecule has 0 amide bonds. The van der Waals surface area contributed by atoms with Crippen LogP contribution >= 0.6 is 0 Å². The topological polar surface area (TPSA) is 70.1 Å². The molecule has 2 rings (SSSR count). The number of aromatic nitrogens is 2. The standard InChI is InChI=1S/C13H21N3O2/c1-13(2,3)18-11(17)8-16-12(14)9-6-4-5-7-10(9)15-16/h4-8,14H2,1-3H3. The lowest BCUT2D eigenvalue weighted by Gasteiger charge is -2.19. The van der Waals surface area contributed by atoms with E-state index in [-0.39, 0.29) is 12.5 Å². The minimum atomic E-state index is -0.474. The van der Waals surface area contributed by atoms with E-state index in [0.29, 0.717) is 5.82 Å². The number of carbonyl (C=O) groups excluding carboxylic acids is 1. The van der Waals surface area contributed by atoms with Gasteiger partial charge in [0.1, 0.15) is 18.0 Å². The molecular weight excluding hydrogens is 230 g/mol. The van der Waals surface area contributed by atoms with E-state index in [0.717, 1.165) is 36.9 Å². The monoisotopic (exact) mass is 251 g/mol. The minimum absolute atomic E-state index is 0.0934. The highest BCUT2D eigenvalue weighted by Gasteiger charge is 2.22. The predicted molar refractivity (Wildman–Crippen MR) is 69.1 cm³/mol. The van der Waals surface area contributed by atoms with Crippen molar-refractivity contribution in [1.82, 2.24) is 9.78 Å². The molecule has 5 nitrogen and oxygen atoms in total. The fourth-order valence-electron chi connectivity index (χ4n) is 2.25. The van der Waals surface area contributed by atoms with Crippen molar-refractivity contribution < 1.29 is 9.53 Å². The molecule has 0 unspecified atom stereocenters. The molecule has 0 saturated heterocycles. The third kappa shape index (κ3) is 2.83. The number of nitrogens with zero attached hydrogens (tertiary/aromatic N) is 2. The molecule has 0 aliphatic heterocycles. The van der Waals surface area contributed by atoms with Crippen molar-refractivity contribution in [3.05, 3.63) is 11.3 Å². The van der Waals surface area contributed by atoms with Crippen molar-refractivity contribution in [3.63, 3.8) is 0 Å². The molecular formula is C13H21N3O2. The Hall–Kier alpha value is -1.52. The van der Waals surface area contributed by atoms with E-state index in [1.165, 1.54) is 0 Å². The van der Waals surface area contributed by atoms with Crippen molar-refractivity contribution in [2.45, 2.75) is 58.6 Å². The maximum absolute atomic E-state index is 11.8. The zero-order chi connectivity index (χ0) is 13.3. The van der Waals surface area contributed by atoms with Crippen molar-refractivity contribution in [2.24, 2.45) is 0 Å². The Bertz CT molecular complexity index is 458. The molecule has 1 aromatic rings. The molecule has 0 bridgehead atoms. The van der Waals surface area contributed by atoms with E-state index >= 15 is 0 Å². The van der Waals surface area contributed by atoms with Crippen LogP contribution < -0.4 is 5.73 Å². The van der Waals surface area contributed by atoms with Crippen molar-refractivity contribution in [2.75, 3.05) is 5.73 Å². The number of aryl methyl sites for hydroxylation is 1. The van der Waals surface area contributed by atoms with Crippen LogP contribution in [0.4, 0.5) is 5.82 Å². The van der Waals surface area contributed by atoms with Gasteiger partial charge < -0.3 is 10.5 Å². The molecule has 0 atom stereocenters. The van der Waals surface area contributed by atoms with E-state index in [1.807, 2.05) is 20.8 Å². The summed E-state index contributed by atoms with van der Waals surface area (Å²) in [5.41, 5.74) is 7.71. The number of ether oxygens (including phenoxy) is 1. The minimum Gasteiger partial charge on any atom is -0.459 e. The maximum Gasteiger partial charge on any atom is 0.328 e. The molecule has 1 aliphatic carbocycles. The summed E-state index contributed by atoms with van der Waals surface area (Å²) in [7, 11) is 0. The van der Waals surface area contributed by atoms with Crippen LogP contribution in [0.25, 0.3) is 0 Å². The van der Waals surface area contributed by atoms with E-state index in [9.17, 15) is 4.79 Å². The highest BCUT2D eigenvalue weighted by atomic mass is 16.6. The van der Waals surface area contributed by atoms with Crippen LogP contribution in [-0.4, -0.2) is 21.4 Å². The molecule has 0 aromatic carbocycles. The van der Waals surface area contributed by atoms with Gasteiger partial charge in [0.05, 0.1) is 5.69 Å². The highest BCUT2D eigenvalue weighted by molar-refractivity contribution is 5.70. The van der Waals surface area contributed by atoms with Crippen molar-refractivity contribution in [1.29, 1.82) is 0 Å². The van der Waals surface area contributed by atoms with Gasteiger partial charge in [-0.15, -0.1) is 0 Å². The Morgan fingerprint density at radius 2 is 2.06 bits per heavy atom. The van der Waals surface area contributed by atoms with Gasteiger partial charge in [0.2, 0.25) is 0 Å². The zero-order valence-electron chi connectivity index (χ0n) is 11.3. The lowest BCUT2D eigenvalue weighted by atomic mass is 9.98. The number of esters is 1. The number of hydrogen-bond acceptors (Lipinski definition) is 4. The maximum atomic E-state index is 11.8. The number of fused-ring (bicyclic) bond motifs is 1. The van der Waals surface area contributed by atoms with E-state index < -0.39 is 5.60 Å². The molecule has 1 aliphatic rings. The predicted octanol–water partition coefficient (Wildman–Crippen LogP) is 1.69. The number of carbonyl (C=O) groups is 1. The molecule has 0 radical (unpaired) electrons. The smallest absolute Gasteiger partial charge is 0.328 e. The lowest BCUT2D eigenvalue weighted by molar-refractivity contribution is -0.155. The summed E-state index contributed by atoms with van der Waals surface area (Å²) in [6, 6.07) is 0. The molecule has 1 heterocycles. The van der Waals surface area contributed by atoms with Gasteiger partial charge in [0.15, 0.2) is 0 Å². The molecule has 100 valence electrons. The first-order valence-electron chi connectivity index (χ1n) is 6.43. The van der Waals surface area contributed by atoms with Crippen LogP contribution in [-0.2, 0) is 28.9 Å². The van der Waals surface area contributed by atoms with E-state index in [2.05, 4.69) is 5.10 Å². The lowest BCUT2D eigenvalue weighted by Crippen LogP contribution is -2.27. The van der Waals surface area contributed by atoms with Gasteiger partial charge in [0.25, 0.3) is 0 Å². The van der Waals surface area contributed by atoms with Crippen LogP contribution in [0, 0.1) is 0 Å². The Morgan fingerprint density at radius 1 is 1.39 bits per heavy atom. The fourth-order valence-corrected chi connectivity index (χ4v) is 2.25. The second kappa shape index (κ2) is 4.63. The van der Waals surface area contributed by atoms with Gasteiger partial charge in [-0.25, -0.2) is 4.68 Å². The summed E-state index contributed by atoms with van der Waals surface area (Å²) in [5, 5.41) is 4.41. The van der Waals surface area contributed by atoms with Crippen molar-refractivity contribution in [3.8, 4) is 0 Å². The SMILES string of the molecule is CC(C)(C)OC(=O)Cn1nc2c(c1N)CCCC2. The Morgan fingerprint density at radius 3 is 2.67 bits per heavy atom. The van der Waals surface area contributed by atoms with Gasteiger partial charge in [0, 0.05) is 5.56 Å². The first-order valence-corrected chi connectivity index (χ1v) is 6.43. The molecule has 1 aromatic heterocycles. The highest BCUT2D eigenvalue weighted by Crippen LogP contribution is 2.25. The van der Waals surface area contributed by atoms with Gasteiger partial charge >= 0.3 is 5.97 Å². The molecule has 0 spiro atoms. The van der Waals surface area contributed by atoms with Crippen LogP contribution in [0.3, 0.4) is 0 Å². The van der Waals surface area contributed by atoms with Gasteiger partial charge in [-0.05, 0) is 46.5 Å². The molecule has 2 N–H and O–H groups in total. The summed E-state index contributed by atoms with van der Waals surface area (Å²) in [5.74, 6) is 0.324. The third-order valence-corrected chi connectivity index (χ3v) is 2.97.